The number of anilines is 1. The number of urea groups is 1. The molecule has 3 aromatic rings. The lowest BCUT2D eigenvalue weighted by Crippen LogP contribution is -2.29. The van der Waals surface area contributed by atoms with Crippen LogP contribution in [0.25, 0.3) is 0 Å². The quantitative estimate of drug-likeness (QED) is 0.525. The lowest BCUT2D eigenvalue weighted by molar-refractivity contribution is 0.133. The third kappa shape index (κ3) is 6.33. The van der Waals surface area contributed by atoms with Crippen molar-refractivity contribution in [2.45, 2.75) is 25.5 Å². The van der Waals surface area contributed by atoms with Crippen LogP contribution in [0.2, 0.25) is 0 Å². The molecule has 0 radical (unpaired) electrons. The monoisotopic (exact) mass is 409 g/mol. The molecule has 0 aliphatic carbocycles. The zero-order valence-electron chi connectivity index (χ0n) is 16.5. The summed E-state index contributed by atoms with van der Waals surface area (Å²) in [4.78, 5) is 23.8. The van der Waals surface area contributed by atoms with E-state index in [2.05, 4.69) is 26.1 Å². The van der Waals surface area contributed by atoms with Gasteiger partial charge in [0.1, 0.15) is 12.6 Å². The molecule has 9 nitrogen and oxygen atoms in total. The number of aryl methyl sites for hydroxylation is 1. The number of carbonyl (C=O) groups excluding carboxylic acids is 2. The number of carbonyl (C=O) groups is 2. The number of nitrogens with zero attached hydrogens (tertiary/aromatic N) is 2. The normalized spacial score (nSPS) is 11.4. The lowest BCUT2D eigenvalue weighted by Gasteiger charge is -2.15. The minimum Gasteiger partial charge on any atom is -0.445 e. The molecule has 1 unspecified atom stereocenters. The van der Waals surface area contributed by atoms with Gasteiger partial charge in [0.05, 0.1) is 0 Å². The van der Waals surface area contributed by atoms with Crippen LogP contribution in [0, 0.1) is 0 Å². The molecule has 1 heterocycles. The third-order valence-corrected chi connectivity index (χ3v) is 4.26. The van der Waals surface area contributed by atoms with Crippen molar-refractivity contribution >= 4 is 18.1 Å². The van der Waals surface area contributed by atoms with Gasteiger partial charge in [0, 0.05) is 7.05 Å². The van der Waals surface area contributed by atoms with E-state index in [0.717, 1.165) is 11.1 Å². The van der Waals surface area contributed by atoms with Crippen LogP contribution in [-0.4, -0.2) is 29.4 Å². The summed E-state index contributed by atoms with van der Waals surface area (Å²) in [5, 5.41) is 15.3. The highest BCUT2D eigenvalue weighted by atomic mass is 16.5. The van der Waals surface area contributed by atoms with E-state index < -0.39 is 18.2 Å². The molecule has 0 aliphatic heterocycles. The number of aromatic nitrogens is 2. The number of amides is 3. The molecule has 1 atom stereocenters. The van der Waals surface area contributed by atoms with Gasteiger partial charge in [0.2, 0.25) is 5.89 Å². The first-order valence-electron chi connectivity index (χ1n) is 9.47. The summed E-state index contributed by atoms with van der Waals surface area (Å²) in [5.41, 5.74) is 1.98. The Labute approximate surface area is 173 Å². The van der Waals surface area contributed by atoms with Crippen molar-refractivity contribution in [2.75, 3.05) is 12.4 Å². The summed E-state index contributed by atoms with van der Waals surface area (Å²) in [6.07, 6.45) is 0.577. The first kappa shape index (κ1) is 20.8. The molecule has 156 valence electrons. The van der Waals surface area contributed by atoms with E-state index >= 15 is 0 Å². The lowest BCUT2D eigenvalue weighted by atomic mass is 10.1. The minimum absolute atomic E-state index is 0.0616. The highest BCUT2D eigenvalue weighted by Gasteiger charge is 2.22. The fourth-order valence-electron chi connectivity index (χ4n) is 2.71. The van der Waals surface area contributed by atoms with Crippen molar-refractivity contribution in [3.05, 3.63) is 77.7 Å². The van der Waals surface area contributed by atoms with Gasteiger partial charge in [-0.1, -0.05) is 65.8 Å². The Bertz CT molecular complexity index is 946. The van der Waals surface area contributed by atoms with Gasteiger partial charge in [-0.25, -0.2) is 9.59 Å². The topological polar surface area (TPSA) is 118 Å². The maximum Gasteiger partial charge on any atom is 0.408 e. The van der Waals surface area contributed by atoms with Gasteiger partial charge >= 0.3 is 18.1 Å². The number of hydrogen-bond donors (Lipinski definition) is 3. The second kappa shape index (κ2) is 10.6. The maximum absolute atomic E-state index is 12.3. The molecule has 0 saturated heterocycles. The zero-order valence-corrected chi connectivity index (χ0v) is 16.5. The molecule has 0 bridgehead atoms. The number of alkyl carbamates (subject to hydrolysis) is 1. The standard InChI is InChI=1S/C21H23N5O4/c1-22-19(27)24-20-26-25-18(30-20)17(13-12-15-8-4-2-5-9-15)23-21(28)29-14-16-10-6-3-7-11-16/h2-11,17H,12-14H2,1H3,(H,23,28)(H2,22,24,26,27). The fourth-order valence-corrected chi connectivity index (χ4v) is 2.71. The van der Waals surface area contributed by atoms with Crippen LogP contribution < -0.4 is 16.0 Å². The second-order valence-corrected chi connectivity index (χ2v) is 6.43. The summed E-state index contributed by atoms with van der Waals surface area (Å²) >= 11 is 0. The minimum atomic E-state index is -0.601. The van der Waals surface area contributed by atoms with Gasteiger partial charge in [-0.05, 0) is 24.0 Å². The predicted molar refractivity (Wildman–Crippen MR) is 110 cm³/mol. The smallest absolute Gasteiger partial charge is 0.408 e. The Morgan fingerprint density at radius 3 is 2.33 bits per heavy atom. The van der Waals surface area contributed by atoms with Crippen LogP contribution in [0.3, 0.4) is 0 Å². The van der Waals surface area contributed by atoms with Crippen LogP contribution in [0.5, 0.6) is 0 Å². The molecule has 1 aromatic heterocycles. The van der Waals surface area contributed by atoms with Crippen molar-refractivity contribution in [3.8, 4) is 0 Å². The van der Waals surface area contributed by atoms with Crippen molar-refractivity contribution in [3.63, 3.8) is 0 Å². The largest absolute Gasteiger partial charge is 0.445 e. The Hall–Kier alpha value is -3.88. The number of hydrogen-bond acceptors (Lipinski definition) is 6. The third-order valence-electron chi connectivity index (χ3n) is 4.26. The molecule has 9 heteroatoms. The van der Waals surface area contributed by atoms with Gasteiger partial charge in [0.15, 0.2) is 0 Å². The first-order valence-corrected chi connectivity index (χ1v) is 9.47. The molecule has 3 N–H and O–H groups in total. The molecule has 3 rings (SSSR count). The molecule has 0 aliphatic rings. The van der Waals surface area contributed by atoms with Crippen LogP contribution >= 0.6 is 0 Å². The Morgan fingerprint density at radius 2 is 1.67 bits per heavy atom. The zero-order chi connectivity index (χ0) is 21.2. The summed E-state index contributed by atoms with van der Waals surface area (Å²) < 4.78 is 10.8. The molecular formula is C21H23N5O4. The van der Waals surface area contributed by atoms with Gasteiger partial charge in [-0.2, -0.15) is 0 Å². The van der Waals surface area contributed by atoms with E-state index in [4.69, 9.17) is 9.15 Å². The van der Waals surface area contributed by atoms with E-state index in [-0.39, 0.29) is 18.5 Å². The van der Waals surface area contributed by atoms with E-state index in [1.165, 1.54) is 7.05 Å². The van der Waals surface area contributed by atoms with Crippen LogP contribution in [-0.2, 0) is 17.8 Å². The van der Waals surface area contributed by atoms with E-state index in [1.807, 2.05) is 60.7 Å². The highest BCUT2D eigenvalue weighted by Crippen LogP contribution is 2.20. The molecule has 2 aromatic carbocycles. The summed E-state index contributed by atoms with van der Waals surface area (Å²) in [6, 6.07) is 18.1. The van der Waals surface area contributed by atoms with E-state index in [1.54, 1.807) is 0 Å². The van der Waals surface area contributed by atoms with Crippen molar-refractivity contribution in [2.24, 2.45) is 0 Å². The molecule has 0 saturated carbocycles. The fraction of sp³-hybridized carbons (Fsp3) is 0.238. The van der Waals surface area contributed by atoms with Crippen molar-refractivity contribution in [1.82, 2.24) is 20.8 Å². The maximum atomic E-state index is 12.3. The number of benzene rings is 2. The molecule has 0 spiro atoms. The highest BCUT2D eigenvalue weighted by molar-refractivity contribution is 5.86. The Kier molecular flexibility index (Phi) is 7.37. The summed E-state index contributed by atoms with van der Waals surface area (Å²) in [5.74, 6) is 0.175. The van der Waals surface area contributed by atoms with Gasteiger partial charge in [-0.15, -0.1) is 5.10 Å². The molecule has 30 heavy (non-hydrogen) atoms. The average Bonchev–Trinajstić information content (AvgIpc) is 3.24. The van der Waals surface area contributed by atoms with E-state index in [9.17, 15) is 9.59 Å². The van der Waals surface area contributed by atoms with E-state index in [0.29, 0.717) is 12.8 Å². The molecule has 0 fully saturated rings. The van der Waals surface area contributed by atoms with Crippen molar-refractivity contribution in [1.29, 1.82) is 0 Å². The van der Waals surface area contributed by atoms with Gasteiger partial charge in [-0.3, -0.25) is 5.32 Å². The Balaban J connectivity index is 1.65. The predicted octanol–water partition coefficient (Wildman–Crippen LogP) is 3.42. The van der Waals surface area contributed by atoms with Gasteiger partial charge < -0.3 is 19.8 Å². The van der Waals surface area contributed by atoms with Gasteiger partial charge in [0.25, 0.3) is 0 Å². The average molecular weight is 409 g/mol. The van der Waals surface area contributed by atoms with Crippen LogP contribution in [0.15, 0.2) is 65.1 Å². The number of ether oxygens (including phenoxy) is 1. The van der Waals surface area contributed by atoms with Crippen LogP contribution in [0.4, 0.5) is 15.6 Å². The van der Waals surface area contributed by atoms with Crippen LogP contribution in [0.1, 0.15) is 29.5 Å². The number of rotatable bonds is 8. The molecule has 3 amide bonds. The Morgan fingerprint density at radius 1 is 1.00 bits per heavy atom. The molecular weight excluding hydrogens is 386 g/mol. The summed E-state index contributed by atoms with van der Waals surface area (Å²) in [6.45, 7) is 0.144. The first-order chi connectivity index (χ1) is 14.6. The van der Waals surface area contributed by atoms with Crippen molar-refractivity contribution < 1.29 is 18.7 Å². The second-order valence-electron chi connectivity index (χ2n) is 6.43. The number of nitrogens with one attached hydrogen (secondary N) is 3. The SMILES string of the molecule is CNC(=O)Nc1nnc(C(CCc2ccccc2)NC(=O)OCc2ccccc2)o1. The summed E-state index contributed by atoms with van der Waals surface area (Å²) in [7, 11) is 1.47.